The summed E-state index contributed by atoms with van der Waals surface area (Å²) in [5.74, 6) is 2.48. The molecule has 4 rings (SSSR count). The lowest BCUT2D eigenvalue weighted by molar-refractivity contribution is 0.280. The van der Waals surface area contributed by atoms with E-state index in [1.165, 1.54) is 0 Å². The van der Waals surface area contributed by atoms with Gasteiger partial charge < -0.3 is 19.8 Å². The molecule has 0 aliphatic carbocycles. The van der Waals surface area contributed by atoms with Crippen LogP contribution in [-0.4, -0.2) is 23.6 Å². The van der Waals surface area contributed by atoms with Gasteiger partial charge in [0, 0.05) is 29.1 Å². The van der Waals surface area contributed by atoms with Crippen LogP contribution in [0.2, 0.25) is 5.02 Å². The Morgan fingerprint density at radius 1 is 0.968 bits per heavy atom. The van der Waals surface area contributed by atoms with Gasteiger partial charge in [-0.15, -0.1) is 0 Å². The van der Waals surface area contributed by atoms with Crippen molar-refractivity contribution in [2.24, 2.45) is 0 Å². The number of aryl methyl sites for hydroxylation is 1. The minimum Gasteiger partial charge on any atom is -0.493 e. The lowest BCUT2D eigenvalue weighted by atomic mass is 10.1. The topological polar surface area (TPSA) is 59.2 Å². The van der Waals surface area contributed by atoms with Gasteiger partial charge in [0.05, 0.1) is 18.1 Å². The third kappa shape index (κ3) is 5.37. The Labute approximate surface area is 187 Å². The molecule has 0 aliphatic rings. The number of fused-ring (bicyclic) bond motifs is 1. The second-order valence-corrected chi connectivity index (χ2v) is 7.72. The Bertz CT molecular complexity index is 1110. The van der Waals surface area contributed by atoms with E-state index in [2.05, 4.69) is 27.4 Å². The number of hydrogen-bond donors (Lipinski definition) is 2. The largest absolute Gasteiger partial charge is 0.493 e. The number of ether oxygens (including phenoxy) is 2. The van der Waals surface area contributed by atoms with E-state index < -0.39 is 0 Å². The summed E-state index contributed by atoms with van der Waals surface area (Å²) in [7, 11) is 1.65. The number of nitrogens with zero attached hydrogens (tertiary/aromatic N) is 1. The monoisotopic (exact) mass is 435 g/mol. The Morgan fingerprint density at radius 3 is 2.61 bits per heavy atom. The number of rotatable bonds is 10. The average molecular weight is 436 g/mol. The predicted octanol–water partition coefficient (Wildman–Crippen LogP) is 5.53. The van der Waals surface area contributed by atoms with Gasteiger partial charge in [-0.25, -0.2) is 4.98 Å². The molecule has 0 saturated carbocycles. The highest BCUT2D eigenvalue weighted by Gasteiger charge is 2.12. The number of H-pyrrole nitrogens is 1. The Kier molecular flexibility index (Phi) is 7.07. The molecule has 0 unspecified atom stereocenters. The number of hydrogen-bond acceptors (Lipinski definition) is 4. The molecule has 5 nitrogen and oxygen atoms in total. The van der Waals surface area contributed by atoms with E-state index in [1.807, 2.05) is 54.6 Å². The van der Waals surface area contributed by atoms with Gasteiger partial charge in [0.1, 0.15) is 12.4 Å². The SMILES string of the molecule is COc1cccc(CNCCCc2nc3ccccc3[nH]2)c1OCc1ccccc1Cl. The first-order chi connectivity index (χ1) is 15.2. The Hall–Kier alpha value is -3.02. The van der Waals surface area contributed by atoms with Crippen LogP contribution in [0.25, 0.3) is 11.0 Å². The molecular formula is C25H26ClN3O2. The molecule has 160 valence electrons. The maximum absolute atomic E-state index is 6.27. The lowest BCUT2D eigenvalue weighted by Crippen LogP contribution is -2.16. The van der Waals surface area contributed by atoms with Crippen LogP contribution in [0.15, 0.2) is 66.7 Å². The minimum absolute atomic E-state index is 0.388. The van der Waals surface area contributed by atoms with E-state index in [-0.39, 0.29) is 0 Å². The van der Waals surface area contributed by atoms with Crippen molar-refractivity contribution >= 4 is 22.6 Å². The van der Waals surface area contributed by atoms with E-state index >= 15 is 0 Å². The second-order valence-electron chi connectivity index (χ2n) is 7.31. The minimum atomic E-state index is 0.388. The highest BCUT2D eigenvalue weighted by molar-refractivity contribution is 6.31. The molecule has 1 aromatic heterocycles. The summed E-state index contributed by atoms with van der Waals surface area (Å²) < 4.78 is 11.6. The van der Waals surface area contributed by atoms with Gasteiger partial charge in [-0.3, -0.25) is 0 Å². The molecule has 0 radical (unpaired) electrons. The zero-order chi connectivity index (χ0) is 21.5. The van der Waals surface area contributed by atoms with Gasteiger partial charge in [-0.2, -0.15) is 0 Å². The molecule has 0 spiro atoms. The smallest absolute Gasteiger partial charge is 0.166 e. The summed E-state index contributed by atoms with van der Waals surface area (Å²) in [6, 6.07) is 21.8. The molecule has 0 bridgehead atoms. The maximum Gasteiger partial charge on any atom is 0.166 e. The Morgan fingerprint density at radius 2 is 1.77 bits per heavy atom. The van der Waals surface area contributed by atoms with Gasteiger partial charge in [0.15, 0.2) is 11.5 Å². The Balaban J connectivity index is 1.32. The molecule has 3 aromatic carbocycles. The summed E-state index contributed by atoms with van der Waals surface area (Å²) in [5, 5.41) is 4.20. The maximum atomic E-state index is 6.27. The van der Waals surface area contributed by atoms with E-state index in [9.17, 15) is 0 Å². The summed E-state index contributed by atoms with van der Waals surface area (Å²) >= 11 is 6.27. The van der Waals surface area contributed by atoms with Gasteiger partial charge in [0.25, 0.3) is 0 Å². The van der Waals surface area contributed by atoms with E-state index in [0.29, 0.717) is 23.9 Å². The molecular weight excluding hydrogens is 410 g/mol. The summed E-state index contributed by atoms with van der Waals surface area (Å²) in [6.45, 7) is 1.95. The number of para-hydroxylation sites is 3. The first-order valence-corrected chi connectivity index (χ1v) is 10.8. The van der Waals surface area contributed by atoms with Crippen LogP contribution < -0.4 is 14.8 Å². The fraction of sp³-hybridized carbons (Fsp3) is 0.240. The number of benzene rings is 3. The molecule has 4 aromatic rings. The standard InChI is InChI=1S/C25H26ClN3O2/c1-30-23-13-6-9-18(25(23)31-17-19-8-2-3-10-20(19)26)16-27-15-7-14-24-28-21-11-4-5-12-22(21)29-24/h2-6,8-13,27H,7,14-17H2,1H3,(H,28,29). The summed E-state index contributed by atoms with van der Waals surface area (Å²) in [5.41, 5.74) is 4.10. The lowest BCUT2D eigenvalue weighted by Gasteiger charge is -2.16. The van der Waals surface area contributed by atoms with Crippen LogP contribution in [-0.2, 0) is 19.6 Å². The van der Waals surface area contributed by atoms with Crippen LogP contribution in [0.5, 0.6) is 11.5 Å². The van der Waals surface area contributed by atoms with Crippen LogP contribution in [0, 0.1) is 0 Å². The van der Waals surface area contributed by atoms with Crippen molar-refractivity contribution in [3.05, 3.63) is 88.7 Å². The van der Waals surface area contributed by atoms with Crippen LogP contribution in [0.4, 0.5) is 0 Å². The molecule has 31 heavy (non-hydrogen) atoms. The van der Waals surface area contributed by atoms with Crippen molar-refractivity contribution in [2.75, 3.05) is 13.7 Å². The molecule has 0 atom stereocenters. The number of aromatic nitrogens is 2. The van der Waals surface area contributed by atoms with Crippen molar-refractivity contribution in [2.45, 2.75) is 26.0 Å². The first-order valence-electron chi connectivity index (χ1n) is 10.4. The quantitative estimate of drug-likeness (QED) is 0.322. The van der Waals surface area contributed by atoms with Crippen molar-refractivity contribution < 1.29 is 9.47 Å². The molecule has 0 amide bonds. The van der Waals surface area contributed by atoms with Crippen LogP contribution in [0.3, 0.4) is 0 Å². The molecule has 6 heteroatoms. The number of imidazole rings is 1. The highest BCUT2D eigenvalue weighted by atomic mass is 35.5. The van der Waals surface area contributed by atoms with Crippen LogP contribution in [0.1, 0.15) is 23.4 Å². The van der Waals surface area contributed by atoms with Gasteiger partial charge >= 0.3 is 0 Å². The number of nitrogens with one attached hydrogen (secondary N) is 2. The molecule has 0 fully saturated rings. The third-order valence-electron chi connectivity index (χ3n) is 5.13. The van der Waals surface area contributed by atoms with E-state index in [4.69, 9.17) is 21.1 Å². The fourth-order valence-corrected chi connectivity index (χ4v) is 3.71. The summed E-state index contributed by atoms with van der Waals surface area (Å²) in [6.07, 6.45) is 1.88. The molecule has 2 N–H and O–H groups in total. The van der Waals surface area contributed by atoms with Gasteiger partial charge in [-0.1, -0.05) is 54.1 Å². The van der Waals surface area contributed by atoms with E-state index in [1.54, 1.807) is 7.11 Å². The van der Waals surface area contributed by atoms with Crippen molar-refractivity contribution in [1.82, 2.24) is 15.3 Å². The van der Waals surface area contributed by atoms with Crippen molar-refractivity contribution in [3.8, 4) is 11.5 Å². The highest BCUT2D eigenvalue weighted by Crippen LogP contribution is 2.32. The summed E-state index contributed by atoms with van der Waals surface area (Å²) in [4.78, 5) is 8.01. The predicted molar refractivity (Wildman–Crippen MR) is 125 cm³/mol. The first kappa shape index (κ1) is 21.2. The van der Waals surface area contributed by atoms with E-state index in [0.717, 1.165) is 53.1 Å². The average Bonchev–Trinajstić information content (AvgIpc) is 3.21. The molecule has 0 saturated heterocycles. The number of aromatic amines is 1. The van der Waals surface area contributed by atoms with Gasteiger partial charge in [0.2, 0.25) is 0 Å². The second kappa shape index (κ2) is 10.3. The fourth-order valence-electron chi connectivity index (χ4n) is 3.52. The van der Waals surface area contributed by atoms with Crippen molar-refractivity contribution in [1.29, 1.82) is 0 Å². The van der Waals surface area contributed by atoms with Gasteiger partial charge in [-0.05, 0) is 37.2 Å². The number of methoxy groups -OCH3 is 1. The molecule has 1 heterocycles. The zero-order valence-electron chi connectivity index (χ0n) is 17.5. The zero-order valence-corrected chi connectivity index (χ0v) is 18.3. The van der Waals surface area contributed by atoms with Crippen LogP contribution >= 0.6 is 11.6 Å². The van der Waals surface area contributed by atoms with Crippen molar-refractivity contribution in [3.63, 3.8) is 0 Å². The number of halogens is 1. The molecule has 0 aliphatic heterocycles. The normalized spacial score (nSPS) is 11.0. The third-order valence-corrected chi connectivity index (χ3v) is 5.50.